The van der Waals surface area contributed by atoms with Gasteiger partial charge >= 0.3 is 0 Å². The summed E-state index contributed by atoms with van der Waals surface area (Å²) < 4.78 is 13.5. The van der Waals surface area contributed by atoms with Crippen molar-refractivity contribution in [1.82, 2.24) is 4.98 Å². The molecular weight excluding hydrogens is 491 g/mol. The van der Waals surface area contributed by atoms with Gasteiger partial charge in [-0.2, -0.15) is 0 Å². The van der Waals surface area contributed by atoms with E-state index in [4.69, 9.17) is 14.0 Å². The smallest absolute Gasteiger partial charge is 0.285 e. The van der Waals surface area contributed by atoms with E-state index in [0.29, 0.717) is 17.7 Å². The van der Waals surface area contributed by atoms with Crippen LogP contribution in [0.2, 0.25) is 0 Å². The van der Waals surface area contributed by atoms with Gasteiger partial charge in [-0.25, -0.2) is 4.98 Å². The minimum atomic E-state index is -1.56. The van der Waals surface area contributed by atoms with E-state index in [1.165, 1.54) is 16.0 Å². The van der Waals surface area contributed by atoms with Crippen molar-refractivity contribution in [3.63, 3.8) is 0 Å². The first-order chi connectivity index (χ1) is 18.3. The summed E-state index contributed by atoms with van der Waals surface area (Å²) in [5.41, 5.74) is 3.56. The number of benzene rings is 1. The average molecular weight is 527 g/mol. The van der Waals surface area contributed by atoms with Crippen molar-refractivity contribution in [2.75, 3.05) is 5.32 Å². The van der Waals surface area contributed by atoms with E-state index in [1.54, 1.807) is 6.07 Å². The van der Waals surface area contributed by atoms with Crippen LogP contribution in [-0.4, -0.2) is 17.0 Å². The van der Waals surface area contributed by atoms with Gasteiger partial charge in [-0.15, -0.1) is 0 Å². The number of fused-ring (bicyclic) bond motifs is 5. The molecule has 2 unspecified atom stereocenters. The van der Waals surface area contributed by atoms with Crippen molar-refractivity contribution in [3.8, 4) is 5.75 Å². The van der Waals surface area contributed by atoms with Crippen molar-refractivity contribution >= 4 is 43.3 Å². The Morgan fingerprint density at radius 2 is 1.89 bits per heavy atom. The highest BCUT2D eigenvalue weighted by atomic mass is 31.2. The van der Waals surface area contributed by atoms with Crippen LogP contribution in [-0.2, 0) is 9.32 Å². The zero-order valence-electron chi connectivity index (χ0n) is 22.5. The van der Waals surface area contributed by atoms with Crippen LogP contribution in [0.4, 0.5) is 5.82 Å². The van der Waals surface area contributed by atoms with E-state index in [1.807, 2.05) is 32.9 Å². The topological polar surface area (TPSA) is 60.5 Å². The highest BCUT2D eigenvalue weighted by Crippen LogP contribution is 2.48. The number of hydrogen-bond acceptors (Lipinski definition) is 4. The molecule has 0 bridgehead atoms. The molecule has 196 valence electrons. The van der Waals surface area contributed by atoms with E-state index < -0.39 is 13.8 Å². The van der Waals surface area contributed by atoms with Crippen LogP contribution in [0.15, 0.2) is 72.4 Å². The van der Waals surface area contributed by atoms with Crippen molar-refractivity contribution in [3.05, 3.63) is 88.4 Å². The molecule has 1 amide bonds. The highest BCUT2D eigenvalue weighted by Gasteiger charge is 2.33. The number of nitrogens with one attached hydrogen (secondary N) is 1. The lowest BCUT2D eigenvalue weighted by Crippen LogP contribution is -2.29. The normalized spacial score (nSPS) is 25.4. The minimum absolute atomic E-state index is 0.0875. The fraction of sp³-hybridized carbons (Fsp3) is 0.312. The third-order valence-corrected chi connectivity index (χ3v) is 8.19. The summed E-state index contributed by atoms with van der Waals surface area (Å²) in [6, 6.07) is 9.83. The zero-order chi connectivity index (χ0) is 26.7. The predicted molar refractivity (Wildman–Crippen MR) is 157 cm³/mol. The monoisotopic (exact) mass is 526 g/mol. The Balaban J connectivity index is 1.63. The molecule has 1 aliphatic heterocycles. The molecule has 2 aromatic rings. The van der Waals surface area contributed by atoms with Gasteiger partial charge in [0.1, 0.15) is 17.0 Å². The largest absolute Gasteiger partial charge is 0.442 e. The molecule has 38 heavy (non-hydrogen) atoms. The summed E-state index contributed by atoms with van der Waals surface area (Å²) in [5, 5.41) is 5.41. The third-order valence-electron chi connectivity index (χ3n) is 6.76. The van der Waals surface area contributed by atoms with Crippen LogP contribution in [0.1, 0.15) is 58.9 Å². The van der Waals surface area contributed by atoms with Crippen LogP contribution in [0, 0.1) is 5.41 Å². The number of allylic oxidation sites excluding steroid dienone is 6. The van der Waals surface area contributed by atoms with E-state index in [-0.39, 0.29) is 12.0 Å². The lowest BCUT2D eigenvalue weighted by molar-refractivity contribution is -0.123. The molecule has 2 heterocycles. The van der Waals surface area contributed by atoms with Crippen LogP contribution < -0.4 is 25.7 Å². The number of anilines is 1. The van der Waals surface area contributed by atoms with Gasteiger partial charge in [-0.3, -0.25) is 4.79 Å². The maximum atomic E-state index is 12.6. The summed E-state index contributed by atoms with van der Waals surface area (Å²) in [6.07, 6.45) is 21.1. The van der Waals surface area contributed by atoms with E-state index in [2.05, 4.69) is 73.0 Å². The minimum Gasteiger partial charge on any atom is -0.442 e. The quantitative estimate of drug-likeness (QED) is 0.483. The van der Waals surface area contributed by atoms with Crippen molar-refractivity contribution < 1.29 is 13.8 Å². The number of aromatic nitrogens is 1. The Hall–Kier alpha value is -3.27. The van der Waals surface area contributed by atoms with Gasteiger partial charge in [-0.1, -0.05) is 87.1 Å². The lowest BCUT2D eigenvalue weighted by atomic mass is 9.93. The Bertz CT molecular complexity index is 1480. The molecule has 1 aromatic heterocycles. The van der Waals surface area contributed by atoms with E-state index in [0.717, 1.165) is 36.1 Å². The first kappa shape index (κ1) is 26.3. The van der Waals surface area contributed by atoms with Gasteiger partial charge < -0.3 is 14.4 Å². The van der Waals surface area contributed by atoms with Gasteiger partial charge in [0.05, 0.1) is 6.10 Å². The number of nitrogens with zero attached hydrogens (tertiary/aromatic N) is 1. The fourth-order valence-electron chi connectivity index (χ4n) is 4.60. The van der Waals surface area contributed by atoms with Crippen LogP contribution >= 0.6 is 8.38 Å². The SMILES string of the molecule is CC1=C\CC2OP(c3cccc(NC(=O)C(C)(C)C)n3)Oc3ccc4c(c3\C2=C/C=C/C=C\1)=CCCCC=4. The Kier molecular flexibility index (Phi) is 7.78. The van der Waals surface area contributed by atoms with Gasteiger partial charge in [0.25, 0.3) is 8.38 Å². The van der Waals surface area contributed by atoms with E-state index >= 15 is 0 Å². The molecule has 1 N–H and O–H groups in total. The molecular formula is C32H35N2O3P. The second-order valence-electron chi connectivity index (χ2n) is 10.9. The summed E-state index contributed by atoms with van der Waals surface area (Å²) in [5.74, 6) is 1.22. The summed E-state index contributed by atoms with van der Waals surface area (Å²) in [4.78, 5) is 17.4. The molecule has 5 nitrogen and oxygen atoms in total. The van der Waals surface area contributed by atoms with Crippen LogP contribution in [0.25, 0.3) is 17.7 Å². The van der Waals surface area contributed by atoms with Crippen LogP contribution in [0.3, 0.4) is 0 Å². The molecule has 5 rings (SSSR count). The Morgan fingerprint density at radius 3 is 2.74 bits per heavy atom. The molecule has 0 saturated carbocycles. The van der Waals surface area contributed by atoms with Crippen molar-refractivity contribution in [2.45, 2.75) is 59.5 Å². The molecule has 0 saturated heterocycles. The van der Waals surface area contributed by atoms with Gasteiger partial charge in [-0.05, 0) is 66.8 Å². The number of hydrogen-bond donors (Lipinski definition) is 1. The number of rotatable bonds is 2. The number of carbonyl (C=O) groups is 1. The van der Waals surface area contributed by atoms with Crippen molar-refractivity contribution in [2.24, 2.45) is 5.41 Å². The molecule has 0 spiro atoms. The summed E-state index contributed by atoms with van der Waals surface area (Å²) >= 11 is 0. The first-order valence-electron chi connectivity index (χ1n) is 13.3. The maximum Gasteiger partial charge on any atom is 0.285 e. The maximum absolute atomic E-state index is 12.6. The summed E-state index contributed by atoms with van der Waals surface area (Å²) in [7, 11) is -1.56. The molecule has 2 atom stereocenters. The first-order valence-corrected chi connectivity index (χ1v) is 14.5. The van der Waals surface area contributed by atoms with Crippen LogP contribution in [0.5, 0.6) is 5.75 Å². The van der Waals surface area contributed by atoms with Crippen molar-refractivity contribution in [1.29, 1.82) is 0 Å². The number of amides is 1. The van der Waals surface area contributed by atoms with Gasteiger partial charge in [0.15, 0.2) is 0 Å². The fourth-order valence-corrected chi connectivity index (χ4v) is 6.01. The second-order valence-corrected chi connectivity index (χ2v) is 12.2. The molecule has 6 heteroatoms. The summed E-state index contributed by atoms with van der Waals surface area (Å²) in [6.45, 7) is 7.76. The lowest BCUT2D eigenvalue weighted by Gasteiger charge is -2.21. The molecule has 3 aliphatic rings. The predicted octanol–water partition coefficient (Wildman–Crippen LogP) is 6.07. The standard InChI is InChI=1S/C32H35N2O3P/c1-22-12-7-5-10-15-25-26(20-18-22)36-38(29-17-11-16-28(33-29)34-31(35)32(2,3)4)37-27-21-19-23-13-8-6-9-14-24(23)30(25)27/h5,7,10-19,21,26H,6,8-9,20H2,1-4H3,(H,33,34,35)/b10-5+,12-7-,22-18+,25-15-. The molecule has 0 radical (unpaired) electrons. The van der Waals surface area contributed by atoms with Gasteiger partial charge in [0.2, 0.25) is 5.91 Å². The Labute approximate surface area is 226 Å². The molecule has 2 aliphatic carbocycles. The van der Waals surface area contributed by atoms with E-state index in [9.17, 15) is 4.79 Å². The average Bonchev–Trinajstić information content (AvgIpc) is 3.22. The number of carbonyl (C=O) groups excluding carboxylic acids is 1. The Morgan fingerprint density at radius 1 is 1.05 bits per heavy atom. The number of pyridine rings is 1. The molecule has 0 fully saturated rings. The highest BCUT2D eigenvalue weighted by molar-refractivity contribution is 7.56. The van der Waals surface area contributed by atoms with Gasteiger partial charge in [0, 0.05) is 11.0 Å². The molecule has 1 aromatic carbocycles. The second kappa shape index (κ2) is 11.2. The zero-order valence-corrected chi connectivity index (χ0v) is 23.4. The third kappa shape index (κ3) is 5.90.